The van der Waals surface area contributed by atoms with E-state index in [1.165, 1.54) is 0 Å². The molecule has 1 heterocycles. The molecule has 2 nitrogen and oxygen atoms in total. The summed E-state index contributed by atoms with van der Waals surface area (Å²) in [5, 5.41) is 3.47. The van der Waals surface area contributed by atoms with E-state index in [4.69, 9.17) is 4.42 Å². The Hall–Kier alpha value is -0.760. The minimum Gasteiger partial charge on any atom is -0.469 e. The monoisotopic (exact) mass is 195 g/mol. The maximum atomic E-state index is 5.35. The normalized spacial score (nSPS) is 14.3. The lowest BCUT2D eigenvalue weighted by atomic mass is 10.0. The first kappa shape index (κ1) is 11.3. The lowest BCUT2D eigenvalue weighted by Crippen LogP contribution is -2.36. The highest BCUT2D eigenvalue weighted by Crippen LogP contribution is 2.18. The molecule has 0 aliphatic rings. The molecule has 0 amide bonds. The van der Waals surface area contributed by atoms with Gasteiger partial charge >= 0.3 is 0 Å². The van der Waals surface area contributed by atoms with Gasteiger partial charge in [0.2, 0.25) is 0 Å². The third-order valence-electron chi connectivity index (χ3n) is 2.26. The highest BCUT2D eigenvalue weighted by atomic mass is 16.3. The molecular weight excluding hydrogens is 174 g/mol. The van der Waals surface area contributed by atoms with Crippen LogP contribution in [0.3, 0.4) is 0 Å². The number of hydrogen-bond acceptors (Lipinski definition) is 2. The summed E-state index contributed by atoms with van der Waals surface area (Å²) in [5.74, 6) is 1.58. The highest BCUT2D eigenvalue weighted by Gasteiger charge is 2.11. The molecule has 0 radical (unpaired) electrons. The van der Waals surface area contributed by atoms with Crippen molar-refractivity contribution in [1.82, 2.24) is 5.32 Å². The molecule has 0 aliphatic carbocycles. The highest BCUT2D eigenvalue weighted by molar-refractivity contribution is 5.03. The SMILES string of the molecule is CC(CCNC(C)(C)C)c1ccco1. The van der Waals surface area contributed by atoms with Crippen LogP contribution >= 0.6 is 0 Å². The average Bonchev–Trinajstić information content (AvgIpc) is 2.53. The predicted octanol–water partition coefficient (Wildman–Crippen LogP) is 3.16. The molecular formula is C12H21NO. The number of hydrogen-bond donors (Lipinski definition) is 1. The van der Waals surface area contributed by atoms with Crippen molar-refractivity contribution in [3.8, 4) is 0 Å². The van der Waals surface area contributed by atoms with Gasteiger partial charge in [-0.1, -0.05) is 6.92 Å². The van der Waals surface area contributed by atoms with Crippen molar-refractivity contribution >= 4 is 0 Å². The molecule has 0 fully saturated rings. The molecule has 14 heavy (non-hydrogen) atoms. The Morgan fingerprint density at radius 3 is 2.64 bits per heavy atom. The minimum atomic E-state index is 0.211. The summed E-state index contributed by atoms with van der Waals surface area (Å²) in [7, 11) is 0. The molecule has 1 rings (SSSR count). The molecule has 0 saturated heterocycles. The van der Waals surface area contributed by atoms with Crippen LogP contribution in [0.2, 0.25) is 0 Å². The van der Waals surface area contributed by atoms with Crippen LogP contribution in [-0.2, 0) is 0 Å². The van der Waals surface area contributed by atoms with E-state index < -0.39 is 0 Å². The fourth-order valence-electron chi connectivity index (χ4n) is 1.38. The van der Waals surface area contributed by atoms with Gasteiger partial charge in [0.05, 0.1) is 6.26 Å². The van der Waals surface area contributed by atoms with Crippen LogP contribution in [0.15, 0.2) is 22.8 Å². The Morgan fingerprint density at radius 1 is 1.43 bits per heavy atom. The fourth-order valence-corrected chi connectivity index (χ4v) is 1.38. The third-order valence-corrected chi connectivity index (χ3v) is 2.26. The van der Waals surface area contributed by atoms with E-state index in [2.05, 4.69) is 33.0 Å². The van der Waals surface area contributed by atoms with Gasteiger partial charge < -0.3 is 9.73 Å². The summed E-state index contributed by atoms with van der Waals surface area (Å²) >= 11 is 0. The lowest BCUT2D eigenvalue weighted by molar-refractivity contribution is 0.396. The van der Waals surface area contributed by atoms with Crippen molar-refractivity contribution in [1.29, 1.82) is 0 Å². The van der Waals surface area contributed by atoms with Crippen LogP contribution in [0, 0.1) is 0 Å². The molecule has 1 aromatic heterocycles. The average molecular weight is 195 g/mol. The largest absolute Gasteiger partial charge is 0.469 e. The summed E-state index contributed by atoms with van der Waals surface area (Å²) in [4.78, 5) is 0. The minimum absolute atomic E-state index is 0.211. The maximum Gasteiger partial charge on any atom is 0.106 e. The summed E-state index contributed by atoms with van der Waals surface area (Å²) in [6.45, 7) is 9.79. The van der Waals surface area contributed by atoms with Crippen molar-refractivity contribution in [3.63, 3.8) is 0 Å². The Balaban J connectivity index is 2.26. The van der Waals surface area contributed by atoms with Gasteiger partial charge in [-0.2, -0.15) is 0 Å². The van der Waals surface area contributed by atoms with Crippen LogP contribution in [0.1, 0.15) is 45.8 Å². The van der Waals surface area contributed by atoms with Crippen LogP contribution in [-0.4, -0.2) is 12.1 Å². The Morgan fingerprint density at radius 2 is 2.14 bits per heavy atom. The first-order valence-electron chi connectivity index (χ1n) is 5.27. The molecule has 2 heteroatoms. The van der Waals surface area contributed by atoms with E-state index in [0.717, 1.165) is 18.7 Å². The summed E-state index contributed by atoms with van der Waals surface area (Å²) in [5.41, 5.74) is 0.211. The first-order valence-corrected chi connectivity index (χ1v) is 5.27. The molecule has 1 atom stereocenters. The van der Waals surface area contributed by atoms with Crippen LogP contribution in [0.5, 0.6) is 0 Å². The lowest BCUT2D eigenvalue weighted by Gasteiger charge is -2.21. The first-order chi connectivity index (χ1) is 6.49. The van der Waals surface area contributed by atoms with Gasteiger partial charge in [-0.3, -0.25) is 0 Å². The predicted molar refractivity (Wildman–Crippen MR) is 59.5 cm³/mol. The zero-order valence-electron chi connectivity index (χ0n) is 9.63. The molecule has 0 saturated carbocycles. The second kappa shape index (κ2) is 4.65. The number of furan rings is 1. The van der Waals surface area contributed by atoms with Crippen molar-refractivity contribution in [3.05, 3.63) is 24.2 Å². The van der Waals surface area contributed by atoms with Gasteiger partial charge in [0.25, 0.3) is 0 Å². The summed E-state index contributed by atoms with van der Waals surface area (Å²) in [6, 6.07) is 3.99. The topological polar surface area (TPSA) is 25.2 Å². The molecule has 80 valence electrons. The molecule has 1 aromatic rings. The summed E-state index contributed by atoms with van der Waals surface area (Å²) < 4.78 is 5.35. The number of nitrogens with one attached hydrogen (secondary N) is 1. The van der Waals surface area contributed by atoms with Crippen molar-refractivity contribution in [2.45, 2.75) is 45.6 Å². The smallest absolute Gasteiger partial charge is 0.106 e. The van der Waals surface area contributed by atoms with Gasteiger partial charge in [0, 0.05) is 11.5 Å². The van der Waals surface area contributed by atoms with E-state index in [0.29, 0.717) is 5.92 Å². The van der Waals surface area contributed by atoms with E-state index >= 15 is 0 Å². The molecule has 0 aromatic carbocycles. The fraction of sp³-hybridized carbons (Fsp3) is 0.667. The van der Waals surface area contributed by atoms with Crippen LogP contribution in [0.25, 0.3) is 0 Å². The van der Waals surface area contributed by atoms with Crippen LogP contribution in [0.4, 0.5) is 0 Å². The van der Waals surface area contributed by atoms with Gasteiger partial charge in [-0.05, 0) is 45.9 Å². The van der Waals surface area contributed by atoms with E-state index in [1.54, 1.807) is 6.26 Å². The van der Waals surface area contributed by atoms with Crippen LogP contribution < -0.4 is 5.32 Å². The molecule has 0 spiro atoms. The van der Waals surface area contributed by atoms with Gasteiger partial charge in [0.15, 0.2) is 0 Å². The molecule has 1 N–H and O–H groups in total. The second-order valence-electron chi connectivity index (χ2n) is 4.88. The Kier molecular flexibility index (Phi) is 3.76. The Bertz CT molecular complexity index is 246. The standard InChI is InChI=1S/C12H21NO/c1-10(11-6-5-9-14-11)7-8-13-12(2,3)4/h5-6,9-10,13H,7-8H2,1-4H3. The maximum absolute atomic E-state index is 5.35. The second-order valence-corrected chi connectivity index (χ2v) is 4.88. The van der Waals surface area contributed by atoms with E-state index in [9.17, 15) is 0 Å². The van der Waals surface area contributed by atoms with E-state index in [-0.39, 0.29) is 5.54 Å². The van der Waals surface area contributed by atoms with Crippen molar-refractivity contribution in [2.75, 3.05) is 6.54 Å². The van der Waals surface area contributed by atoms with Gasteiger partial charge in [-0.15, -0.1) is 0 Å². The van der Waals surface area contributed by atoms with Gasteiger partial charge in [0.1, 0.15) is 5.76 Å². The summed E-state index contributed by atoms with van der Waals surface area (Å²) in [6.07, 6.45) is 2.85. The van der Waals surface area contributed by atoms with Gasteiger partial charge in [-0.25, -0.2) is 0 Å². The zero-order chi connectivity index (χ0) is 10.6. The number of rotatable bonds is 4. The van der Waals surface area contributed by atoms with E-state index in [1.807, 2.05) is 12.1 Å². The zero-order valence-corrected chi connectivity index (χ0v) is 9.63. The Labute approximate surface area is 86.7 Å². The molecule has 1 unspecified atom stereocenters. The molecule has 0 bridgehead atoms. The van der Waals surface area contributed by atoms with Crippen molar-refractivity contribution in [2.24, 2.45) is 0 Å². The van der Waals surface area contributed by atoms with Crippen molar-refractivity contribution < 1.29 is 4.42 Å². The molecule has 0 aliphatic heterocycles. The quantitative estimate of drug-likeness (QED) is 0.798. The third kappa shape index (κ3) is 3.97.